The normalized spacial score (nSPS) is 36.1. The third kappa shape index (κ3) is 3.48. The summed E-state index contributed by atoms with van der Waals surface area (Å²) in [5, 5.41) is 0. The van der Waals surface area contributed by atoms with E-state index in [9.17, 15) is 0 Å². The summed E-state index contributed by atoms with van der Waals surface area (Å²) in [6.07, 6.45) is 0. The Morgan fingerprint density at radius 2 is 1.46 bits per heavy atom. The second kappa shape index (κ2) is 2.70. The Hall–Kier alpha value is 0.850. The molecule has 0 atom stereocenters. The molecule has 13 heavy (non-hydrogen) atoms. The molecule has 3 nitrogen and oxygen atoms in total. The van der Waals surface area contributed by atoms with Crippen molar-refractivity contribution in [3.63, 3.8) is 0 Å². The number of hydrogen-bond donors (Lipinski definition) is 1. The summed E-state index contributed by atoms with van der Waals surface area (Å²) in [4.78, 5) is 3.70. The van der Waals surface area contributed by atoms with Gasteiger partial charge in [0.1, 0.15) is 0 Å². The predicted molar refractivity (Wildman–Crippen MR) is 70.2 cm³/mol. The molecular formula is C7H22N3P3. The van der Waals surface area contributed by atoms with Crippen molar-refractivity contribution < 1.29 is 0 Å². The van der Waals surface area contributed by atoms with Crippen LogP contribution in [0.2, 0.25) is 0 Å². The summed E-state index contributed by atoms with van der Waals surface area (Å²) < 4.78 is 9.83. The fourth-order valence-electron chi connectivity index (χ4n) is 2.21. The quantitative estimate of drug-likeness (QED) is 0.646. The van der Waals surface area contributed by atoms with E-state index in [0.717, 1.165) is 0 Å². The molecule has 1 N–H and O–H groups in total. The average molecular weight is 241 g/mol. The van der Waals surface area contributed by atoms with Crippen molar-refractivity contribution in [3.8, 4) is 0 Å². The maximum absolute atomic E-state index is 4.97. The molecule has 1 aliphatic rings. The number of hydrogen-bond acceptors (Lipinski definition) is 3. The van der Waals surface area contributed by atoms with Gasteiger partial charge in [-0.25, -0.2) is 0 Å². The second-order valence-electron chi connectivity index (χ2n) is 5.72. The molecule has 0 unspecified atom stereocenters. The van der Waals surface area contributed by atoms with Gasteiger partial charge in [0.2, 0.25) is 0 Å². The monoisotopic (exact) mass is 241 g/mol. The SMILES string of the molecule is CP1(C)=NP(C)(C)(C)NP(C)(C)=N1. The molecule has 0 aromatic rings. The van der Waals surface area contributed by atoms with Gasteiger partial charge in [-0.1, -0.05) is 0 Å². The van der Waals surface area contributed by atoms with E-state index >= 15 is 0 Å². The first-order chi connectivity index (χ1) is 5.39. The van der Waals surface area contributed by atoms with Gasteiger partial charge in [-0.2, -0.15) is 0 Å². The van der Waals surface area contributed by atoms with E-state index in [1.807, 2.05) is 0 Å². The maximum atomic E-state index is 4.97. The number of rotatable bonds is 0. The molecule has 0 fully saturated rings. The van der Waals surface area contributed by atoms with Gasteiger partial charge in [0, 0.05) is 0 Å². The van der Waals surface area contributed by atoms with E-state index in [0.29, 0.717) is 0 Å². The van der Waals surface area contributed by atoms with Crippen LogP contribution >= 0.6 is 21.3 Å². The van der Waals surface area contributed by atoms with Crippen molar-refractivity contribution >= 4 is 21.3 Å². The first-order valence-corrected chi connectivity index (χ1v) is 13.1. The molecule has 1 rings (SSSR count). The van der Waals surface area contributed by atoms with Crippen LogP contribution in [-0.4, -0.2) is 46.7 Å². The molecule has 0 aromatic heterocycles. The van der Waals surface area contributed by atoms with Crippen LogP contribution in [0.1, 0.15) is 0 Å². The molecule has 80 valence electrons. The van der Waals surface area contributed by atoms with E-state index in [4.69, 9.17) is 9.03 Å². The van der Waals surface area contributed by atoms with Crippen molar-refractivity contribution in [2.75, 3.05) is 46.7 Å². The fraction of sp³-hybridized carbons (Fsp3) is 1.00. The van der Waals surface area contributed by atoms with Crippen LogP contribution in [0.4, 0.5) is 0 Å². The molecule has 0 saturated carbocycles. The van der Waals surface area contributed by atoms with Gasteiger partial charge in [0.15, 0.2) is 0 Å². The second-order valence-corrected chi connectivity index (χ2v) is 18.8. The molecule has 0 radical (unpaired) electrons. The fourth-order valence-corrected chi connectivity index (χ4v) is 21.0. The third-order valence-electron chi connectivity index (χ3n) is 1.56. The Morgan fingerprint density at radius 1 is 1.00 bits per heavy atom. The van der Waals surface area contributed by atoms with Crippen molar-refractivity contribution in [1.29, 1.82) is 0 Å². The van der Waals surface area contributed by atoms with Crippen molar-refractivity contribution in [3.05, 3.63) is 0 Å². The van der Waals surface area contributed by atoms with Gasteiger partial charge in [-0.15, -0.1) is 0 Å². The Balaban J connectivity index is 3.38. The van der Waals surface area contributed by atoms with Crippen molar-refractivity contribution in [2.45, 2.75) is 0 Å². The number of nitrogens with one attached hydrogen (secondary N) is 1. The molecule has 0 amide bonds. The summed E-state index contributed by atoms with van der Waals surface area (Å²) in [7, 11) is -2.61. The summed E-state index contributed by atoms with van der Waals surface area (Å²) in [6.45, 7) is 13.8. The molecule has 6 heteroatoms. The topological polar surface area (TPSA) is 36.8 Å². The summed E-state index contributed by atoms with van der Waals surface area (Å²) in [5.74, 6) is 0. The minimum atomic E-state index is -1.95. The zero-order valence-corrected chi connectivity index (χ0v) is 12.4. The molecule has 1 aliphatic heterocycles. The predicted octanol–water partition coefficient (Wildman–Crippen LogP) is 3.61. The molecule has 0 spiro atoms. The van der Waals surface area contributed by atoms with Gasteiger partial charge < -0.3 is 0 Å². The Bertz CT molecular complexity index is 336. The number of nitrogens with zero attached hydrogens (tertiary/aromatic N) is 2. The zero-order chi connectivity index (χ0) is 10.6. The van der Waals surface area contributed by atoms with Crippen LogP contribution in [0, 0.1) is 0 Å². The van der Waals surface area contributed by atoms with Gasteiger partial charge in [0.25, 0.3) is 0 Å². The molecule has 0 bridgehead atoms. The van der Waals surface area contributed by atoms with E-state index in [1.165, 1.54) is 0 Å². The van der Waals surface area contributed by atoms with Crippen LogP contribution in [0.5, 0.6) is 0 Å². The molecule has 0 aromatic carbocycles. The third-order valence-corrected chi connectivity index (χ3v) is 14.1. The minimum absolute atomic E-state index is 1.26. The van der Waals surface area contributed by atoms with E-state index in [1.54, 1.807) is 0 Å². The Morgan fingerprint density at radius 3 is 1.77 bits per heavy atom. The van der Waals surface area contributed by atoms with Gasteiger partial charge >= 0.3 is 81.9 Å². The molecule has 0 aliphatic carbocycles. The van der Waals surface area contributed by atoms with Gasteiger partial charge in [0.05, 0.1) is 0 Å². The van der Waals surface area contributed by atoms with E-state index in [-0.39, 0.29) is 0 Å². The van der Waals surface area contributed by atoms with E-state index < -0.39 is 21.3 Å². The van der Waals surface area contributed by atoms with Gasteiger partial charge in [-0.05, 0) is 0 Å². The van der Waals surface area contributed by atoms with Gasteiger partial charge in [-0.3, -0.25) is 0 Å². The average Bonchev–Trinajstić information content (AvgIpc) is 1.40. The molecule has 0 saturated heterocycles. The molecule has 1 heterocycles. The molecular weight excluding hydrogens is 219 g/mol. The van der Waals surface area contributed by atoms with Crippen LogP contribution in [0.15, 0.2) is 9.03 Å². The summed E-state index contributed by atoms with van der Waals surface area (Å²) in [6, 6.07) is 0. The van der Waals surface area contributed by atoms with Crippen LogP contribution in [0.25, 0.3) is 0 Å². The standard InChI is InChI=1S/C7H22N3P3/c1-11(2)8-12(3,4)10-13(5,6,7)9-11/h9H,1-7H3. The van der Waals surface area contributed by atoms with Crippen molar-refractivity contribution in [2.24, 2.45) is 9.03 Å². The Kier molecular flexibility index (Phi) is 2.48. The summed E-state index contributed by atoms with van der Waals surface area (Å²) in [5.41, 5.74) is 0. The first kappa shape index (κ1) is 11.9. The van der Waals surface area contributed by atoms with Crippen molar-refractivity contribution in [1.82, 2.24) is 4.86 Å². The van der Waals surface area contributed by atoms with Crippen LogP contribution < -0.4 is 4.86 Å². The summed E-state index contributed by atoms with van der Waals surface area (Å²) >= 11 is 0. The Labute approximate surface area is 82.3 Å². The van der Waals surface area contributed by atoms with Crippen LogP contribution in [-0.2, 0) is 0 Å². The first-order valence-electron chi connectivity index (χ1n) is 4.38. The van der Waals surface area contributed by atoms with E-state index in [2.05, 4.69) is 51.5 Å². The van der Waals surface area contributed by atoms with Crippen LogP contribution in [0.3, 0.4) is 0 Å². The zero-order valence-electron chi connectivity index (χ0n) is 9.74.